The lowest BCUT2D eigenvalue weighted by molar-refractivity contribution is -0.126. The smallest absolute Gasteiger partial charge is 0.243 e. The first-order chi connectivity index (χ1) is 13.8. The van der Waals surface area contributed by atoms with Gasteiger partial charge in [-0.1, -0.05) is 18.2 Å². The van der Waals surface area contributed by atoms with Crippen molar-refractivity contribution in [3.8, 4) is 0 Å². The van der Waals surface area contributed by atoms with E-state index in [1.165, 1.54) is 11.3 Å². The van der Waals surface area contributed by atoms with Gasteiger partial charge in [0.25, 0.3) is 0 Å². The van der Waals surface area contributed by atoms with Crippen molar-refractivity contribution in [3.63, 3.8) is 0 Å². The Morgan fingerprint density at radius 2 is 1.48 bits per heavy atom. The third kappa shape index (κ3) is 7.27. The lowest BCUT2D eigenvalue weighted by atomic mass is 10.1. The number of benzene rings is 1. The van der Waals surface area contributed by atoms with Crippen LogP contribution in [0.5, 0.6) is 0 Å². The van der Waals surface area contributed by atoms with Crippen molar-refractivity contribution < 1.29 is 19.2 Å². The highest BCUT2D eigenvalue weighted by Crippen LogP contribution is 2.19. The third-order valence-corrected chi connectivity index (χ3v) is 5.51. The molecule has 0 atom stereocenters. The van der Waals surface area contributed by atoms with Gasteiger partial charge in [-0.05, 0) is 44.0 Å². The molecule has 2 rings (SSSR count). The van der Waals surface area contributed by atoms with Crippen molar-refractivity contribution in [1.29, 1.82) is 0 Å². The van der Waals surface area contributed by atoms with Crippen molar-refractivity contribution in [1.82, 2.24) is 5.32 Å². The molecule has 1 aromatic carbocycles. The number of nitrogens with one attached hydrogen (secondary N) is 2. The summed E-state index contributed by atoms with van der Waals surface area (Å²) in [6.07, 6.45) is 0.331. The molecule has 0 aliphatic carbocycles. The molecule has 0 aliphatic rings. The maximum atomic E-state index is 12.0. The average Bonchev–Trinajstić information content (AvgIpc) is 3.12. The average molecular weight is 415 g/mol. The van der Waals surface area contributed by atoms with Crippen LogP contribution in [0.2, 0.25) is 0 Å². The Morgan fingerprint density at radius 3 is 2.10 bits per heavy atom. The quantitative estimate of drug-likeness (QED) is 0.579. The number of Topliss-reactive ketones (excluding diaryl/α,β-unsaturated/α-hetero) is 2. The van der Waals surface area contributed by atoms with Gasteiger partial charge in [0.15, 0.2) is 5.78 Å². The van der Waals surface area contributed by atoms with E-state index in [1.807, 2.05) is 45.0 Å². The molecule has 0 radical (unpaired) electrons. The Labute approximate surface area is 174 Å². The van der Waals surface area contributed by atoms with Crippen LogP contribution in [0.25, 0.3) is 0 Å². The Morgan fingerprint density at radius 1 is 0.828 bits per heavy atom. The van der Waals surface area contributed by atoms with Gasteiger partial charge in [0, 0.05) is 36.2 Å². The van der Waals surface area contributed by atoms with Crippen molar-refractivity contribution in [2.75, 3.05) is 11.9 Å². The van der Waals surface area contributed by atoms with Gasteiger partial charge in [0.2, 0.25) is 11.8 Å². The molecular formula is C22H26N2O4S. The van der Waals surface area contributed by atoms with Crippen LogP contribution in [0.3, 0.4) is 0 Å². The second kappa shape index (κ2) is 10.7. The topological polar surface area (TPSA) is 92.3 Å². The van der Waals surface area contributed by atoms with Crippen molar-refractivity contribution >= 4 is 40.4 Å². The van der Waals surface area contributed by atoms with Crippen LogP contribution < -0.4 is 10.6 Å². The van der Waals surface area contributed by atoms with Crippen LogP contribution in [0, 0.1) is 20.8 Å². The minimum Gasteiger partial charge on any atom is -0.347 e. The largest absolute Gasteiger partial charge is 0.347 e. The number of hydrogen-bond acceptors (Lipinski definition) is 5. The fourth-order valence-electron chi connectivity index (χ4n) is 2.80. The summed E-state index contributed by atoms with van der Waals surface area (Å²) in [5.41, 5.74) is 2.64. The monoisotopic (exact) mass is 414 g/mol. The van der Waals surface area contributed by atoms with Gasteiger partial charge in [-0.2, -0.15) is 0 Å². The van der Waals surface area contributed by atoms with E-state index >= 15 is 0 Å². The van der Waals surface area contributed by atoms with Gasteiger partial charge in [-0.15, -0.1) is 11.3 Å². The number of hydrogen-bond donors (Lipinski definition) is 2. The van der Waals surface area contributed by atoms with Crippen LogP contribution in [0.1, 0.15) is 51.4 Å². The highest BCUT2D eigenvalue weighted by Gasteiger charge is 2.13. The van der Waals surface area contributed by atoms with E-state index in [9.17, 15) is 19.2 Å². The molecule has 2 amide bonds. The van der Waals surface area contributed by atoms with Crippen LogP contribution in [-0.2, 0) is 14.4 Å². The molecule has 0 spiro atoms. The molecule has 154 valence electrons. The molecule has 0 aliphatic heterocycles. The number of thiophene rings is 1. The fraction of sp³-hybridized carbons (Fsp3) is 0.364. The highest BCUT2D eigenvalue weighted by atomic mass is 32.1. The molecule has 0 saturated heterocycles. The third-order valence-electron chi connectivity index (χ3n) is 4.47. The molecule has 0 saturated carbocycles. The summed E-state index contributed by atoms with van der Waals surface area (Å²) in [7, 11) is 0. The van der Waals surface area contributed by atoms with Crippen LogP contribution >= 0.6 is 11.3 Å². The van der Waals surface area contributed by atoms with Gasteiger partial charge in [-0.25, -0.2) is 0 Å². The van der Waals surface area contributed by atoms with Gasteiger partial charge in [-0.3, -0.25) is 19.2 Å². The van der Waals surface area contributed by atoms with Gasteiger partial charge >= 0.3 is 0 Å². The normalized spacial score (nSPS) is 10.4. The zero-order valence-electron chi connectivity index (χ0n) is 17.0. The maximum Gasteiger partial charge on any atom is 0.243 e. The van der Waals surface area contributed by atoms with E-state index in [4.69, 9.17) is 0 Å². The molecule has 0 unspecified atom stereocenters. The molecule has 1 heterocycles. The molecule has 2 aromatic rings. The molecule has 0 fully saturated rings. The van der Waals surface area contributed by atoms with Crippen LogP contribution in [-0.4, -0.2) is 29.9 Å². The van der Waals surface area contributed by atoms with Crippen molar-refractivity contribution in [3.05, 3.63) is 51.2 Å². The minimum atomic E-state index is -0.366. The van der Waals surface area contributed by atoms with Crippen LogP contribution in [0.15, 0.2) is 30.3 Å². The second-order valence-corrected chi connectivity index (χ2v) is 8.25. The van der Waals surface area contributed by atoms with Crippen LogP contribution in [0.4, 0.5) is 5.69 Å². The van der Waals surface area contributed by atoms with E-state index in [-0.39, 0.29) is 55.6 Å². The van der Waals surface area contributed by atoms with E-state index in [0.29, 0.717) is 4.88 Å². The summed E-state index contributed by atoms with van der Waals surface area (Å²) >= 11 is 1.41. The minimum absolute atomic E-state index is 0.00179. The first-order valence-corrected chi connectivity index (χ1v) is 10.3. The lowest BCUT2D eigenvalue weighted by Gasteiger charge is -2.11. The summed E-state index contributed by atoms with van der Waals surface area (Å²) < 4.78 is 0. The maximum absolute atomic E-state index is 12.0. The first-order valence-electron chi connectivity index (χ1n) is 9.50. The number of para-hydroxylation sites is 1. The highest BCUT2D eigenvalue weighted by molar-refractivity contribution is 7.14. The van der Waals surface area contributed by atoms with E-state index in [1.54, 1.807) is 6.07 Å². The number of aryl methyl sites for hydroxylation is 3. The fourth-order valence-corrected chi connectivity index (χ4v) is 3.64. The molecule has 0 bridgehead atoms. The summed E-state index contributed by atoms with van der Waals surface area (Å²) in [6, 6.07) is 9.35. The summed E-state index contributed by atoms with van der Waals surface area (Å²) in [5, 5.41) is 5.31. The van der Waals surface area contributed by atoms with Gasteiger partial charge < -0.3 is 10.6 Å². The molecule has 7 heteroatoms. The molecule has 6 nitrogen and oxygen atoms in total. The standard InChI is InChI=1S/C22H26N2O4S/c1-14-5-4-6-15(2)22(14)24-21(28)13-23-20(27)12-9-17(25)8-10-18(26)19-11-7-16(3)29-19/h4-7,11H,8-10,12-13H2,1-3H3,(H,23,27)(H,24,28). The molecular weight excluding hydrogens is 388 g/mol. The Balaban J connectivity index is 1.66. The van der Waals surface area contributed by atoms with Crippen molar-refractivity contribution in [2.24, 2.45) is 0 Å². The zero-order chi connectivity index (χ0) is 21.4. The molecule has 1 aromatic heterocycles. The van der Waals surface area contributed by atoms with E-state index in [2.05, 4.69) is 10.6 Å². The van der Waals surface area contributed by atoms with E-state index < -0.39 is 0 Å². The van der Waals surface area contributed by atoms with Crippen molar-refractivity contribution in [2.45, 2.75) is 46.5 Å². The van der Waals surface area contributed by atoms with Gasteiger partial charge in [0.05, 0.1) is 11.4 Å². The lowest BCUT2D eigenvalue weighted by Crippen LogP contribution is -2.33. The zero-order valence-corrected chi connectivity index (χ0v) is 17.8. The number of carbonyl (C=O) groups excluding carboxylic acids is 4. The van der Waals surface area contributed by atoms with Gasteiger partial charge in [0.1, 0.15) is 5.78 Å². The SMILES string of the molecule is Cc1ccc(C(=O)CCC(=O)CCC(=O)NCC(=O)Nc2c(C)cccc2C)s1. The number of ketones is 2. The number of rotatable bonds is 10. The summed E-state index contributed by atoms with van der Waals surface area (Å²) in [5.74, 6) is -0.875. The predicted molar refractivity (Wildman–Crippen MR) is 114 cm³/mol. The Kier molecular flexibility index (Phi) is 8.27. The predicted octanol–water partition coefficient (Wildman–Crippen LogP) is 3.74. The summed E-state index contributed by atoms with van der Waals surface area (Å²) in [6.45, 7) is 5.57. The number of carbonyl (C=O) groups is 4. The number of amides is 2. The second-order valence-electron chi connectivity index (χ2n) is 6.96. The Bertz CT molecular complexity index is 897. The summed E-state index contributed by atoms with van der Waals surface area (Å²) in [4.78, 5) is 49.6. The van der Waals surface area contributed by atoms with E-state index in [0.717, 1.165) is 21.7 Å². The molecule has 29 heavy (non-hydrogen) atoms. The first kappa shape index (κ1) is 22.5. The molecule has 2 N–H and O–H groups in total. The Hall–Kier alpha value is -2.80. The number of anilines is 1.